The monoisotopic (exact) mass is 288 g/mol. The van der Waals surface area contributed by atoms with E-state index in [1.165, 1.54) is 14.2 Å². The highest BCUT2D eigenvalue weighted by atomic mass is 79.9. The van der Waals surface area contributed by atoms with Crippen molar-refractivity contribution in [3.8, 4) is 0 Å². The minimum Gasteiger partial charge on any atom is -0.314 e. The molecule has 1 atom stereocenters. The first-order valence-corrected chi connectivity index (χ1v) is 7.00. The van der Waals surface area contributed by atoms with Crippen LogP contribution in [-0.2, 0) is 0 Å². The maximum absolute atomic E-state index is 3.60. The fraction of sp³-hybridized carbons (Fsp3) is 0.636. The highest BCUT2D eigenvalue weighted by Gasteiger charge is 2.19. The molecule has 2 nitrogen and oxygen atoms in total. The van der Waals surface area contributed by atoms with Gasteiger partial charge in [0.2, 0.25) is 0 Å². The summed E-state index contributed by atoms with van der Waals surface area (Å²) in [6.07, 6.45) is 0. The number of hydrogen-bond acceptors (Lipinski definition) is 3. The van der Waals surface area contributed by atoms with Crippen molar-refractivity contribution < 1.29 is 0 Å². The first-order valence-electron chi connectivity index (χ1n) is 5.39. The van der Waals surface area contributed by atoms with Crippen LogP contribution in [-0.4, -0.2) is 31.1 Å². The van der Waals surface area contributed by atoms with Crippen molar-refractivity contribution in [2.45, 2.75) is 19.9 Å². The number of nitrogens with one attached hydrogen (secondary N) is 1. The fourth-order valence-electron chi connectivity index (χ4n) is 1.94. The smallest absolute Gasteiger partial charge is 0.0731 e. The van der Waals surface area contributed by atoms with Gasteiger partial charge in [-0.2, -0.15) is 0 Å². The third kappa shape index (κ3) is 2.61. The third-order valence-corrected chi connectivity index (χ3v) is 5.29. The Labute approximate surface area is 104 Å². The Balaban J connectivity index is 2.08. The molecule has 0 unspecified atom stereocenters. The van der Waals surface area contributed by atoms with Crippen LogP contribution < -0.4 is 5.32 Å². The van der Waals surface area contributed by atoms with Gasteiger partial charge in [0, 0.05) is 37.1 Å². The molecule has 4 heteroatoms. The molecule has 1 saturated heterocycles. The Morgan fingerprint density at radius 3 is 2.67 bits per heavy atom. The topological polar surface area (TPSA) is 15.3 Å². The second kappa shape index (κ2) is 4.95. The van der Waals surface area contributed by atoms with Gasteiger partial charge in [0.15, 0.2) is 0 Å². The Kier molecular flexibility index (Phi) is 3.83. The molecule has 2 rings (SSSR count). The molecule has 0 bridgehead atoms. The van der Waals surface area contributed by atoms with Crippen LogP contribution in [0.15, 0.2) is 9.85 Å². The van der Waals surface area contributed by atoms with Gasteiger partial charge >= 0.3 is 0 Å². The molecular weight excluding hydrogens is 272 g/mol. The van der Waals surface area contributed by atoms with Crippen LogP contribution in [0.5, 0.6) is 0 Å². The predicted molar refractivity (Wildman–Crippen MR) is 69.6 cm³/mol. The van der Waals surface area contributed by atoms with Gasteiger partial charge in [-0.15, -0.1) is 11.3 Å². The maximum atomic E-state index is 3.60. The zero-order chi connectivity index (χ0) is 10.8. The lowest BCUT2D eigenvalue weighted by Crippen LogP contribution is -2.44. The van der Waals surface area contributed by atoms with E-state index >= 15 is 0 Å². The van der Waals surface area contributed by atoms with E-state index in [9.17, 15) is 0 Å². The molecule has 0 aliphatic carbocycles. The summed E-state index contributed by atoms with van der Waals surface area (Å²) in [5.74, 6) is 0. The summed E-state index contributed by atoms with van der Waals surface area (Å²) in [5, 5.41) is 3.39. The lowest BCUT2D eigenvalue weighted by atomic mass is 10.2. The minimum absolute atomic E-state index is 0.558. The van der Waals surface area contributed by atoms with Crippen LogP contribution in [0, 0.1) is 6.92 Å². The molecule has 1 aliphatic rings. The van der Waals surface area contributed by atoms with Crippen molar-refractivity contribution in [2.75, 3.05) is 26.2 Å². The molecule has 84 valence electrons. The Hall–Kier alpha value is 0.100. The summed E-state index contributed by atoms with van der Waals surface area (Å²) < 4.78 is 1.28. The summed E-state index contributed by atoms with van der Waals surface area (Å²) in [6, 6.07) is 2.86. The van der Waals surface area contributed by atoms with Gasteiger partial charge in [-0.1, -0.05) is 0 Å². The van der Waals surface area contributed by atoms with Crippen molar-refractivity contribution in [3.63, 3.8) is 0 Å². The highest BCUT2D eigenvalue weighted by molar-refractivity contribution is 9.11. The van der Waals surface area contributed by atoms with E-state index in [1.54, 1.807) is 0 Å². The van der Waals surface area contributed by atoms with E-state index in [2.05, 4.69) is 46.1 Å². The van der Waals surface area contributed by atoms with Crippen LogP contribution >= 0.6 is 27.3 Å². The maximum Gasteiger partial charge on any atom is 0.0731 e. The van der Waals surface area contributed by atoms with Gasteiger partial charge < -0.3 is 5.32 Å². The van der Waals surface area contributed by atoms with Crippen LogP contribution in [0.2, 0.25) is 0 Å². The first kappa shape index (κ1) is 11.6. The predicted octanol–water partition coefficient (Wildman–Crippen LogP) is 2.79. The van der Waals surface area contributed by atoms with Crippen molar-refractivity contribution >= 4 is 27.3 Å². The molecule has 0 saturated carbocycles. The minimum atomic E-state index is 0.558. The van der Waals surface area contributed by atoms with Crippen molar-refractivity contribution in [3.05, 3.63) is 20.3 Å². The lowest BCUT2D eigenvalue weighted by molar-refractivity contribution is 0.188. The largest absolute Gasteiger partial charge is 0.314 e. The lowest BCUT2D eigenvalue weighted by Gasteiger charge is -2.32. The standard InChI is InChI=1S/C11H17BrN2S/c1-8-7-10(15-11(8)12)9(2)14-5-3-13-4-6-14/h7,9,13H,3-6H2,1-2H3/t9-/m1/s1. The number of thiophene rings is 1. The molecule has 0 aromatic carbocycles. The van der Waals surface area contributed by atoms with E-state index in [1.807, 2.05) is 11.3 Å². The van der Waals surface area contributed by atoms with E-state index in [0.717, 1.165) is 26.2 Å². The number of halogens is 1. The Bertz CT molecular complexity index is 312. The average Bonchev–Trinajstić information content (AvgIpc) is 2.59. The zero-order valence-electron chi connectivity index (χ0n) is 9.22. The summed E-state index contributed by atoms with van der Waals surface area (Å²) in [4.78, 5) is 4.02. The molecule has 2 heterocycles. The Morgan fingerprint density at radius 1 is 1.47 bits per heavy atom. The SMILES string of the molecule is Cc1cc([C@@H](C)N2CCNCC2)sc1Br. The van der Waals surface area contributed by atoms with E-state index < -0.39 is 0 Å². The quantitative estimate of drug-likeness (QED) is 0.900. The number of aryl methyl sites for hydroxylation is 1. The second-order valence-corrected chi connectivity index (χ2v) is 6.47. The van der Waals surface area contributed by atoms with Crippen LogP contribution in [0.1, 0.15) is 23.4 Å². The molecule has 1 aromatic rings. The molecule has 15 heavy (non-hydrogen) atoms. The molecule has 1 aromatic heterocycles. The average molecular weight is 289 g/mol. The molecule has 0 radical (unpaired) electrons. The molecule has 0 amide bonds. The molecule has 0 spiro atoms. The zero-order valence-corrected chi connectivity index (χ0v) is 11.6. The van der Waals surface area contributed by atoms with Gasteiger partial charge in [0.25, 0.3) is 0 Å². The van der Waals surface area contributed by atoms with Crippen molar-refractivity contribution in [1.29, 1.82) is 0 Å². The number of hydrogen-bond donors (Lipinski definition) is 1. The van der Waals surface area contributed by atoms with Gasteiger partial charge in [0.05, 0.1) is 3.79 Å². The summed E-state index contributed by atoms with van der Waals surface area (Å²) in [7, 11) is 0. The van der Waals surface area contributed by atoms with Crippen LogP contribution in [0.3, 0.4) is 0 Å². The Morgan fingerprint density at radius 2 is 2.13 bits per heavy atom. The number of rotatable bonds is 2. The summed E-state index contributed by atoms with van der Waals surface area (Å²) in [6.45, 7) is 9.04. The number of piperazine rings is 1. The van der Waals surface area contributed by atoms with Gasteiger partial charge in [0.1, 0.15) is 0 Å². The summed E-state index contributed by atoms with van der Waals surface area (Å²) in [5.41, 5.74) is 1.36. The van der Waals surface area contributed by atoms with Gasteiger partial charge in [-0.3, -0.25) is 4.90 Å². The van der Waals surface area contributed by atoms with E-state index in [-0.39, 0.29) is 0 Å². The molecule has 1 fully saturated rings. The van der Waals surface area contributed by atoms with E-state index in [0.29, 0.717) is 6.04 Å². The molecule has 1 aliphatic heterocycles. The highest BCUT2D eigenvalue weighted by Crippen LogP contribution is 2.33. The van der Waals surface area contributed by atoms with Crippen LogP contribution in [0.4, 0.5) is 0 Å². The van der Waals surface area contributed by atoms with Crippen molar-refractivity contribution in [1.82, 2.24) is 10.2 Å². The van der Waals surface area contributed by atoms with Gasteiger partial charge in [-0.05, 0) is 41.4 Å². The van der Waals surface area contributed by atoms with E-state index in [4.69, 9.17) is 0 Å². The second-order valence-electron chi connectivity index (χ2n) is 4.07. The number of nitrogens with zero attached hydrogens (tertiary/aromatic N) is 1. The van der Waals surface area contributed by atoms with Crippen LogP contribution in [0.25, 0.3) is 0 Å². The molecule has 1 N–H and O–H groups in total. The van der Waals surface area contributed by atoms with Gasteiger partial charge in [-0.25, -0.2) is 0 Å². The van der Waals surface area contributed by atoms with Crippen molar-refractivity contribution in [2.24, 2.45) is 0 Å². The molecular formula is C11H17BrN2S. The fourth-order valence-corrected chi connectivity index (χ4v) is 3.60. The normalized spacial score (nSPS) is 20.5. The summed E-state index contributed by atoms with van der Waals surface area (Å²) >= 11 is 5.47. The third-order valence-electron chi connectivity index (χ3n) is 2.99. The first-order chi connectivity index (χ1) is 7.18.